The zero-order valence-corrected chi connectivity index (χ0v) is 10.8. The fourth-order valence-electron chi connectivity index (χ4n) is 1.66. The van der Waals surface area contributed by atoms with Gasteiger partial charge in [0.15, 0.2) is 5.13 Å². The van der Waals surface area contributed by atoms with Crippen molar-refractivity contribution in [2.75, 3.05) is 18.9 Å². The number of nitrogens with one attached hydrogen (secondary N) is 1. The number of anilines is 1. The van der Waals surface area contributed by atoms with Gasteiger partial charge in [0.25, 0.3) is 5.91 Å². The molecule has 1 unspecified atom stereocenters. The number of carbonyl (C=O) groups excluding carboxylic acids is 1. The van der Waals surface area contributed by atoms with E-state index < -0.39 is 0 Å². The maximum Gasteiger partial charge on any atom is 0.270 e. The topological polar surface area (TPSA) is 88.2 Å². The summed E-state index contributed by atoms with van der Waals surface area (Å²) in [7, 11) is 0. The van der Waals surface area contributed by atoms with Crippen LogP contribution >= 0.6 is 11.3 Å². The van der Waals surface area contributed by atoms with Gasteiger partial charge in [-0.1, -0.05) is 13.3 Å². The Morgan fingerprint density at radius 2 is 2.41 bits per heavy atom. The van der Waals surface area contributed by atoms with E-state index in [-0.39, 0.29) is 12.5 Å². The molecule has 1 atom stereocenters. The highest BCUT2D eigenvalue weighted by molar-refractivity contribution is 7.13. The van der Waals surface area contributed by atoms with Gasteiger partial charge in [-0.25, -0.2) is 4.98 Å². The Bertz CT molecular complexity index is 348. The van der Waals surface area contributed by atoms with Gasteiger partial charge in [0.05, 0.1) is 0 Å². The van der Waals surface area contributed by atoms with Crippen LogP contribution in [-0.4, -0.2) is 29.1 Å². The monoisotopic (exact) mass is 257 g/mol. The molecular formula is C11H19N3O2S. The summed E-state index contributed by atoms with van der Waals surface area (Å²) in [6.45, 7) is 2.82. The normalized spacial score (nSPS) is 12.4. The minimum absolute atomic E-state index is 0.157. The van der Waals surface area contributed by atoms with Crippen molar-refractivity contribution in [1.29, 1.82) is 0 Å². The van der Waals surface area contributed by atoms with E-state index in [1.54, 1.807) is 5.38 Å². The van der Waals surface area contributed by atoms with Gasteiger partial charge in [-0.3, -0.25) is 4.79 Å². The molecule has 0 spiro atoms. The summed E-state index contributed by atoms with van der Waals surface area (Å²) < 4.78 is 0. The number of amides is 1. The van der Waals surface area contributed by atoms with Crippen LogP contribution < -0.4 is 11.1 Å². The van der Waals surface area contributed by atoms with E-state index in [4.69, 9.17) is 10.8 Å². The zero-order valence-electron chi connectivity index (χ0n) is 9.98. The molecule has 0 saturated carbocycles. The summed E-state index contributed by atoms with van der Waals surface area (Å²) in [4.78, 5) is 15.6. The van der Waals surface area contributed by atoms with Crippen LogP contribution in [0.4, 0.5) is 5.13 Å². The number of nitrogens with two attached hydrogens (primary N) is 1. The second kappa shape index (κ2) is 7.24. The van der Waals surface area contributed by atoms with E-state index >= 15 is 0 Å². The largest absolute Gasteiger partial charge is 0.396 e. The summed E-state index contributed by atoms with van der Waals surface area (Å²) in [5.74, 6) is 0.127. The number of aromatic nitrogens is 1. The molecule has 4 N–H and O–H groups in total. The molecule has 1 aromatic heterocycles. The summed E-state index contributed by atoms with van der Waals surface area (Å²) in [5, 5.41) is 13.8. The van der Waals surface area contributed by atoms with Crippen LogP contribution in [0.5, 0.6) is 0 Å². The third kappa shape index (κ3) is 4.70. The van der Waals surface area contributed by atoms with Gasteiger partial charge in [0, 0.05) is 18.5 Å². The van der Waals surface area contributed by atoms with Crippen LogP contribution in [-0.2, 0) is 0 Å². The highest BCUT2D eigenvalue weighted by atomic mass is 32.1. The number of aliphatic hydroxyl groups excluding tert-OH is 1. The van der Waals surface area contributed by atoms with Crippen LogP contribution in [0.1, 0.15) is 36.7 Å². The van der Waals surface area contributed by atoms with Crippen molar-refractivity contribution in [2.45, 2.75) is 26.2 Å². The molecule has 1 aromatic rings. The molecule has 0 fully saturated rings. The maximum absolute atomic E-state index is 11.7. The second-order valence-corrected chi connectivity index (χ2v) is 4.84. The first kappa shape index (κ1) is 13.9. The van der Waals surface area contributed by atoms with E-state index in [1.165, 1.54) is 11.3 Å². The van der Waals surface area contributed by atoms with Gasteiger partial charge >= 0.3 is 0 Å². The molecule has 1 heterocycles. The lowest BCUT2D eigenvalue weighted by atomic mass is 10.0. The van der Waals surface area contributed by atoms with E-state index in [0.29, 0.717) is 29.7 Å². The first-order valence-electron chi connectivity index (χ1n) is 5.77. The molecular weight excluding hydrogens is 238 g/mol. The molecule has 1 rings (SSSR count). The van der Waals surface area contributed by atoms with Crippen LogP contribution in [0.2, 0.25) is 0 Å². The van der Waals surface area contributed by atoms with Gasteiger partial charge in [-0.15, -0.1) is 11.3 Å². The Kier molecular flexibility index (Phi) is 5.93. The third-order valence-corrected chi connectivity index (χ3v) is 3.21. The Labute approximate surface area is 105 Å². The first-order valence-corrected chi connectivity index (χ1v) is 6.65. The standard InChI is InChI=1S/C11H19N3O2S/c1-2-3-8(4-5-15)6-13-10(16)9-7-17-11(12)14-9/h7-8,15H,2-6H2,1H3,(H2,12,14)(H,13,16). The Balaban J connectivity index is 2.40. The molecule has 0 aliphatic heterocycles. The second-order valence-electron chi connectivity index (χ2n) is 3.95. The predicted octanol–water partition coefficient (Wildman–Crippen LogP) is 1.25. The number of nitrogen functional groups attached to an aromatic ring is 1. The SMILES string of the molecule is CCCC(CCO)CNC(=O)c1csc(N)n1. The quantitative estimate of drug-likeness (QED) is 0.686. The van der Waals surface area contributed by atoms with E-state index in [0.717, 1.165) is 12.8 Å². The average Bonchev–Trinajstić information content (AvgIpc) is 2.73. The van der Waals surface area contributed by atoms with Crippen molar-refractivity contribution in [3.63, 3.8) is 0 Å². The van der Waals surface area contributed by atoms with Gasteiger partial charge < -0.3 is 16.2 Å². The molecule has 0 aliphatic rings. The Morgan fingerprint density at radius 1 is 1.65 bits per heavy atom. The fraction of sp³-hybridized carbons (Fsp3) is 0.636. The summed E-state index contributed by atoms with van der Waals surface area (Å²) >= 11 is 1.25. The number of hydrogen-bond acceptors (Lipinski definition) is 5. The smallest absolute Gasteiger partial charge is 0.270 e. The van der Waals surface area contributed by atoms with Crippen LogP contribution in [0.25, 0.3) is 0 Å². The molecule has 96 valence electrons. The van der Waals surface area contributed by atoms with Gasteiger partial charge in [0.1, 0.15) is 5.69 Å². The van der Waals surface area contributed by atoms with Crippen molar-refractivity contribution < 1.29 is 9.90 Å². The van der Waals surface area contributed by atoms with E-state index in [1.807, 2.05) is 0 Å². The molecule has 6 heteroatoms. The highest BCUT2D eigenvalue weighted by Crippen LogP contribution is 2.12. The zero-order chi connectivity index (χ0) is 12.7. The lowest BCUT2D eigenvalue weighted by molar-refractivity contribution is 0.0938. The number of nitrogens with zero attached hydrogens (tertiary/aromatic N) is 1. The summed E-state index contributed by atoms with van der Waals surface area (Å²) in [6, 6.07) is 0. The molecule has 0 radical (unpaired) electrons. The lowest BCUT2D eigenvalue weighted by Gasteiger charge is -2.14. The predicted molar refractivity (Wildman–Crippen MR) is 69.0 cm³/mol. The van der Waals surface area contributed by atoms with Crippen LogP contribution in [0.15, 0.2) is 5.38 Å². The lowest BCUT2D eigenvalue weighted by Crippen LogP contribution is -2.30. The van der Waals surface area contributed by atoms with E-state index in [2.05, 4.69) is 17.2 Å². The van der Waals surface area contributed by atoms with Gasteiger partial charge in [-0.05, 0) is 18.8 Å². The fourth-order valence-corrected chi connectivity index (χ4v) is 2.20. The maximum atomic E-state index is 11.7. The summed E-state index contributed by atoms with van der Waals surface area (Å²) in [6.07, 6.45) is 2.76. The number of aliphatic hydroxyl groups is 1. The minimum atomic E-state index is -0.197. The number of hydrogen-bond donors (Lipinski definition) is 3. The van der Waals surface area contributed by atoms with Crippen molar-refractivity contribution in [2.24, 2.45) is 5.92 Å². The van der Waals surface area contributed by atoms with E-state index in [9.17, 15) is 4.79 Å². The molecule has 17 heavy (non-hydrogen) atoms. The highest BCUT2D eigenvalue weighted by Gasteiger charge is 2.12. The van der Waals surface area contributed by atoms with Crippen LogP contribution in [0.3, 0.4) is 0 Å². The first-order chi connectivity index (χ1) is 8.17. The molecule has 0 aromatic carbocycles. The third-order valence-electron chi connectivity index (χ3n) is 2.54. The molecule has 0 aliphatic carbocycles. The number of carbonyl (C=O) groups is 1. The Hall–Kier alpha value is -1.14. The van der Waals surface area contributed by atoms with Gasteiger partial charge in [-0.2, -0.15) is 0 Å². The molecule has 0 bridgehead atoms. The molecule has 1 amide bonds. The van der Waals surface area contributed by atoms with Crippen molar-refractivity contribution >= 4 is 22.4 Å². The van der Waals surface area contributed by atoms with Crippen molar-refractivity contribution in [3.8, 4) is 0 Å². The Morgan fingerprint density at radius 3 is 2.94 bits per heavy atom. The molecule has 0 saturated heterocycles. The number of thiazole rings is 1. The molecule has 5 nitrogen and oxygen atoms in total. The van der Waals surface area contributed by atoms with Gasteiger partial charge in [0.2, 0.25) is 0 Å². The van der Waals surface area contributed by atoms with Crippen LogP contribution in [0, 0.1) is 5.92 Å². The van der Waals surface area contributed by atoms with Crippen molar-refractivity contribution in [1.82, 2.24) is 10.3 Å². The summed E-state index contributed by atoms with van der Waals surface area (Å²) in [5.41, 5.74) is 5.83. The number of rotatable bonds is 7. The average molecular weight is 257 g/mol. The minimum Gasteiger partial charge on any atom is -0.396 e. The van der Waals surface area contributed by atoms with Crippen molar-refractivity contribution in [3.05, 3.63) is 11.1 Å².